The van der Waals surface area contributed by atoms with Crippen LogP contribution in [0.5, 0.6) is 5.75 Å². The van der Waals surface area contributed by atoms with Gasteiger partial charge in [0.1, 0.15) is 4.70 Å². The van der Waals surface area contributed by atoms with Crippen molar-refractivity contribution in [1.29, 1.82) is 0 Å². The fraction of sp³-hybridized carbons (Fsp3) is 0.222. The maximum absolute atomic E-state index is 11.4. The van der Waals surface area contributed by atoms with Gasteiger partial charge in [0.2, 0.25) is 11.4 Å². The highest BCUT2D eigenvalue weighted by atomic mass is 35.5. The zero-order valence-corrected chi connectivity index (χ0v) is 24.3. The van der Waals surface area contributed by atoms with E-state index in [9.17, 15) is 17.2 Å². The first-order valence-corrected chi connectivity index (χ1v) is 16.2. The monoisotopic (exact) mass is 621 g/mol. The number of aromatic nitrogens is 1. The van der Waals surface area contributed by atoms with Gasteiger partial charge in [-0.05, 0) is 41.8 Å². The smallest absolute Gasteiger partial charge is 0.301 e. The van der Waals surface area contributed by atoms with Crippen LogP contribution in [0.1, 0.15) is 17.8 Å². The standard InChI is InChI=1S/C27H25ClN2O7S3/c28-21-9-11-25-23(17-21)30(12-4-14-36-39(31)32)27(38-25)18-26-29(13-5-15-40(33,34)35)22-16-20(8-10-24(22)37-26)19-6-2-1-3-7-19/h1-3,6-11,16-18H,4-5,12-15H2,(H-,31,32,33,34,35)/p+1. The predicted molar refractivity (Wildman–Crippen MR) is 157 cm³/mol. The second-order valence-corrected chi connectivity index (χ2v) is 12.8. The minimum Gasteiger partial charge on any atom is -0.438 e. The number of anilines is 1. The van der Waals surface area contributed by atoms with Gasteiger partial charge in [0.05, 0.1) is 24.1 Å². The third kappa shape index (κ3) is 6.89. The lowest BCUT2D eigenvalue weighted by Gasteiger charge is -2.18. The van der Waals surface area contributed by atoms with Crippen molar-refractivity contribution in [1.82, 2.24) is 0 Å². The molecule has 2 N–H and O–H groups in total. The summed E-state index contributed by atoms with van der Waals surface area (Å²) in [6.45, 7) is 0.879. The Morgan fingerprint density at radius 2 is 1.88 bits per heavy atom. The van der Waals surface area contributed by atoms with Crippen molar-refractivity contribution in [2.45, 2.75) is 19.4 Å². The van der Waals surface area contributed by atoms with Crippen molar-refractivity contribution >= 4 is 66.4 Å². The first-order chi connectivity index (χ1) is 19.2. The van der Waals surface area contributed by atoms with Gasteiger partial charge in [0.25, 0.3) is 15.1 Å². The van der Waals surface area contributed by atoms with E-state index in [2.05, 4.69) is 0 Å². The maximum Gasteiger partial charge on any atom is 0.301 e. The molecule has 0 spiro atoms. The van der Waals surface area contributed by atoms with Gasteiger partial charge in [-0.1, -0.05) is 59.3 Å². The van der Waals surface area contributed by atoms with Crippen molar-refractivity contribution in [2.24, 2.45) is 0 Å². The summed E-state index contributed by atoms with van der Waals surface area (Å²) in [7, 11) is -4.12. The molecule has 9 nitrogen and oxygen atoms in total. The Hall–Kier alpha value is -2.84. The molecule has 0 saturated heterocycles. The third-order valence-electron chi connectivity index (χ3n) is 6.27. The summed E-state index contributed by atoms with van der Waals surface area (Å²) in [5, 5.41) is 1.42. The number of ether oxygens (including phenoxy) is 1. The summed E-state index contributed by atoms with van der Waals surface area (Å²) in [6.07, 6.45) is 2.55. The first kappa shape index (κ1) is 28.7. The lowest BCUT2D eigenvalue weighted by atomic mass is 10.0. The number of nitrogens with zero attached hydrogens (tertiary/aromatic N) is 2. The number of thiazole rings is 1. The van der Waals surface area contributed by atoms with Crippen LogP contribution in [0.15, 0.2) is 72.6 Å². The van der Waals surface area contributed by atoms with E-state index in [1.54, 1.807) is 0 Å². The van der Waals surface area contributed by atoms with E-state index < -0.39 is 21.5 Å². The largest absolute Gasteiger partial charge is 0.438 e. The zero-order valence-electron chi connectivity index (χ0n) is 21.1. The van der Waals surface area contributed by atoms with Crippen LogP contribution in [0, 0.1) is 0 Å². The summed E-state index contributed by atoms with van der Waals surface area (Å²) in [4.78, 5) is 1.91. The molecular weight excluding hydrogens is 596 g/mol. The van der Waals surface area contributed by atoms with Gasteiger partial charge in [-0.3, -0.25) is 13.3 Å². The first-order valence-electron chi connectivity index (χ1n) is 12.4. The van der Waals surface area contributed by atoms with Gasteiger partial charge < -0.3 is 9.64 Å². The molecule has 210 valence electrons. The number of hydrogen-bond donors (Lipinski definition) is 2. The van der Waals surface area contributed by atoms with Crippen molar-refractivity contribution in [2.75, 3.05) is 23.8 Å². The Labute approximate surface area is 243 Å². The Bertz CT molecular complexity index is 1690. The molecule has 0 amide bonds. The minimum atomic E-state index is -4.12. The molecule has 13 heteroatoms. The molecule has 0 saturated carbocycles. The van der Waals surface area contributed by atoms with Crippen LogP contribution >= 0.6 is 22.9 Å². The van der Waals surface area contributed by atoms with E-state index in [-0.39, 0.29) is 18.8 Å². The maximum atomic E-state index is 11.4. The quantitative estimate of drug-likeness (QED) is 0.0972. The van der Waals surface area contributed by atoms with Gasteiger partial charge in [-0.15, -0.1) is 0 Å². The lowest BCUT2D eigenvalue weighted by Crippen LogP contribution is -2.36. The Morgan fingerprint density at radius 3 is 2.62 bits per heavy atom. The molecule has 1 aromatic heterocycles. The van der Waals surface area contributed by atoms with Crippen LogP contribution in [0.4, 0.5) is 5.69 Å². The van der Waals surface area contributed by atoms with Gasteiger partial charge in [-0.25, -0.2) is 0 Å². The van der Waals surface area contributed by atoms with Crippen LogP contribution < -0.4 is 14.2 Å². The number of halogens is 1. The molecule has 0 radical (unpaired) electrons. The summed E-state index contributed by atoms with van der Waals surface area (Å²) < 4.78 is 66.1. The second-order valence-electron chi connectivity index (χ2n) is 9.02. The summed E-state index contributed by atoms with van der Waals surface area (Å²) in [6, 6.07) is 21.4. The molecule has 1 unspecified atom stereocenters. The number of aryl methyl sites for hydroxylation is 1. The summed E-state index contributed by atoms with van der Waals surface area (Å²) >= 11 is 5.49. The normalized spacial score (nSPS) is 15.0. The molecule has 3 aromatic carbocycles. The molecule has 1 aliphatic heterocycles. The Morgan fingerprint density at radius 1 is 1.07 bits per heavy atom. The van der Waals surface area contributed by atoms with E-state index in [0.29, 0.717) is 36.2 Å². The van der Waals surface area contributed by atoms with Crippen molar-refractivity contribution in [3.63, 3.8) is 0 Å². The fourth-order valence-corrected chi connectivity index (χ4v) is 6.54. The summed E-state index contributed by atoms with van der Waals surface area (Å²) in [5.41, 5.74) is 3.70. The average molecular weight is 622 g/mol. The highest BCUT2D eigenvalue weighted by Crippen LogP contribution is 2.42. The molecule has 40 heavy (non-hydrogen) atoms. The number of rotatable bonds is 11. The second kappa shape index (κ2) is 12.4. The molecule has 1 atom stereocenters. The van der Waals surface area contributed by atoms with Crippen LogP contribution in [0.25, 0.3) is 27.4 Å². The van der Waals surface area contributed by atoms with E-state index in [1.807, 2.05) is 82.3 Å². The van der Waals surface area contributed by atoms with E-state index in [4.69, 9.17) is 25.1 Å². The fourth-order valence-electron chi connectivity index (χ4n) is 4.53. The van der Waals surface area contributed by atoms with Gasteiger partial charge in [0, 0.05) is 24.1 Å². The Balaban J connectivity index is 1.53. The minimum absolute atomic E-state index is 0.0932. The van der Waals surface area contributed by atoms with E-state index in [1.165, 1.54) is 11.3 Å². The van der Waals surface area contributed by atoms with Crippen LogP contribution in [-0.4, -0.2) is 40.6 Å². The topological polar surface area (TPSA) is 117 Å². The number of hydrogen-bond acceptors (Lipinski definition) is 7. The van der Waals surface area contributed by atoms with Crippen molar-refractivity contribution in [3.05, 3.63) is 82.6 Å². The molecule has 5 rings (SSSR count). The predicted octanol–water partition coefficient (Wildman–Crippen LogP) is 5.53. The molecular formula is C27H26ClN2O7S3+. The Kier molecular flexibility index (Phi) is 8.86. The zero-order chi connectivity index (χ0) is 28.3. The third-order valence-corrected chi connectivity index (χ3v) is 8.79. The van der Waals surface area contributed by atoms with Gasteiger partial charge in [0.15, 0.2) is 12.3 Å². The van der Waals surface area contributed by atoms with Crippen LogP contribution in [0.3, 0.4) is 0 Å². The molecule has 0 bridgehead atoms. The van der Waals surface area contributed by atoms with Crippen LogP contribution in [-0.2, 0) is 32.2 Å². The van der Waals surface area contributed by atoms with E-state index in [0.717, 1.165) is 32.0 Å². The molecule has 2 heterocycles. The average Bonchev–Trinajstić information content (AvgIpc) is 3.43. The molecule has 1 aliphatic rings. The van der Waals surface area contributed by atoms with Crippen molar-refractivity contribution < 1.29 is 35.2 Å². The highest BCUT2D eigenvalue weighted by Gasteiger charge is 2.30. The molecule has 4 aromatic rings. The van der Waals surface area contributed by atoms with Crippen LogP contribution in [0.2, 0.25) is 5.02 Å². The molecule has 0 aliphatic carbocycles. The lowest BCUT2D eigenvalue weighted by molar-refractivity contribution is -0.669. The van der Waals surface area contributed by atoms with Crippen molar-refractivity contribution in [3.8, 4) is 16.9 Å². The summed E-state index contributed by atoms with van der Waals surface area (Å²) in [5.74, 6) is 0.764. The van der Waals surface area contributed by atoms with Gasteiger partial charge >= 0.3 is 11.4 Å². The number of benzene rings is 3. The van der Waals surface area contributed by atoms with Gasteiger partial charge in [-0.2, -0.15) is 17.2 Å². The number of fused-ring (bicyclic) bond motifs is 2. The molecule has 0 fully saturated rings. The van der Waals surface area contributed by atoms with E-state index >= 15 is 0 Å². The highest BCUT2D eigenvalue weighted by molar-refractivity contribution is 7.85. The SMILES string of the molecule is O=S(O)OCCC[n+]1c(C=C2Oc3ccc(-c4ccccc4)cc3N2CCCS(=O)(=O)O)sc2ccc(Cl)cc21.